The van der Waals surface area contributed by atoms with Gasteiger partial charge >= 0.3 is 0 Å². The Labute approximate surface area is 85.3 Å². The van der Waals surface area contributed by atoms with Crippen LogP contribution >= 0.6 is 33.9 Å². The maximum Gasteiger partial charge on any atom is 0.0299 e. The average Bonchev–Trinajstić information content (AvgIpc) is 2.50. The maximum absolute atomic E-state index is 3.39. The SMILES string of the molecule is ICCCNCc1cccs1. The van der Waals surface area contributed by atoms with Crippen molar-refractivity contribution in [1.29, 1.82) is 0 Å². The highest BCUT2D eigenvalue weighted by atomic mass is 127. The van der Waals surface area contributed by atoms with Gasteiger partial charge in [0, 0.05) is 15.8 Å². The van der Waals surface area contributed by atoms with Crippen LogP contribution in [0.2, 0.25) is 0 Å². The van der Waals surface area contributed by atoms with Crippen molar-refractivity contribution in [3.8, 4) is 0 Å². The molecule has 11 heavy (non-hydrogen) atoms. The van der Waals surface area contributed by atoms with E-state index in [9.17, 15) is 0 Å². The summed E-state index contributed by atoms with van der Waals surface area (Å²) in [4.78, 5) is 1.43. The lowest BCUT2D eigenvalue weighted by atomic mass is 10.4. The lowest BCUT2D eigenvalue weighted by Gasteiger charge is -1.99. The van der Waals surface area contributed by atoms with Crippen molar-refractivity contribution in [1.82, 2.24) is 5.32 Å². The third-order valence-corrected chi connectivity index (χ3v) is 3.01. The van der Waals surface area contributed by atoms with E-state index in [0.717, 1.165) is 13.1 Å². The fraction of sp³-hybridized carbons (Fsp3) is 0.500. The first-order chi connectivity index (χ1) is 5.43. The van der Waals surface area contributed by atoms with Gasteiger partial charge in [0.15, 0.2) is 0 Å². The Kier molecular flexibility index (Phi) is 5.14. The van der Waals surface area contributed by atoms with Crippen LogP contribution in [-0.4, -0.2) is 11.0 Å². The second kappa shape index (κ2) is 5.97. The van der Waals surface area contributed by atoms with Crippen molar-refractivity contribution >= 4 is 33.9 Å². The molecule has 0 amide bonds. The highest BCUT2D eigenvalue weighted by Gasteiger charge is 1.90. The van der Waals surface area contributed by atoms with Gasteiger partial charge < -0.3 is 5.32 Å². The van der Waals surface area contributed by atoms with Gasteiger partial charge in [-0.05, 0) is 24.4 Å². The number of hydrogen-bond donors (Lipinski definition) is 1. The number of halogens is 1. The first-order valence-corrected chi connectivity index (χ1v) is 6.13. The summed E-state index contributed by atoms with van der Waals surface area (Å²) in [7, 11) is 0. The van der Waals surface area contributed by atoms with E-state index in [1.807, 2.05) is 11.3 Å². The minimum absolute atomic E-state index is 1.04. The Morgan fingerprint density at radius 1 is 1.55 bits per heavy atom. The Morgan fingerprint density at radius 3 is 3.09 bits per heavy atom. The van der Waals surface area contributed by atoms with E-state index in [1.165, 1.54) is 15.7 Å². The molecule has 0 saturated carbocycles. The smallest absolute Gasteiger partial charge is 0.0299 e. The molecule has 1 nitrogen and oxygen atoms in total. The highest BCUT2D eigenvalue weighted by molar-refractivity contribution is 14.1. The average molecular weight is 281 g/mol. The first kappa shape index (κ1) is 9.48. The van der Waals surface area contributed by atoms with Gasteiger partial charge in [-0.15, -0.1) is 11.3 Å². The van der Waals surface area contributed by atoms with Crippen LogP contribution in [0.5, 0.6) is 0 Å². The predicted molar refractivity (Wildman–Crippen MR) is 59.5 cm³/mol. The largest absolute Gasteiger partial charge is 0.312 e. The van der Waals surface area contributed by atoms with Crippen LogP contribution in [0.15, 0.2) is 17.5 Å². The monoisotopic (exact) mass is 281 g/mol. The van der Waals surface area contributed by atoms with Gasteiger partial charge in [0.25, 0.3) is 0 Å². The Bertz CT molecular complexity index is 174. The van der Waals surface area contributed by atoms with Crippen LogP contribution in [0.3, 0.4) is 0 Å². The van der Waals surface area contributed by atoms with E-state index in [1.54, 1.807) is 0 Å². The fourth-order valence-electron chi connectivity index (χ4n) is 0.817. The zero-order valence-electron chi connectivity index (χ0n) is 6.35. The van der Waals surface area contributed by atoms with Crippen LogP contribution in [0, 0.1) is 0 Å². The van der Waals surface area contributed by atoms with Crippen LogP contribution < -0.4 is 5.32 Å². The van der Waals surface area contributed by atoms with Gasteiger partial charge in [0.1, 0.15) is 0 Å². The van der Waals surface area contributed by atoms with Crippen LogP contribution in [0.4, 0.5) is 0 Å². The minimum atomic E-state index is 1.04. The molecule has 0 spiro atoms. The van der Waals surface area contributed by atoms with Crippen molar-refractivity contribution < 1.29 is 0 Å². The quantitative estimate of drug-likeness (QED) is 0.497. The van der Waals surface area contributed by atoms with Crippen molar-refractivity contribution in [2.45, 2.75) is 13.0 Å². The fourth-order valence-corrected chi connectivity index (χ4v) is 1.87. The third-order valence-electron chi connectivity index (χ3n) is 1.37. The highest BCUT2D eigenvalue weighted by Crippen LogP contribution is 2.07. The lowest BCUT2D eigenvalue weighted by molar-refractivity contribution is 0.688. The van der Waals surface area contributed by atoms with E-state index in [4.69, 9.17) is 0 Å². The molecular formula is C8H12INS. The molecule has 1 aromatic rings. The normalized spacial score (nSPS) is 10.3. The van der Waals surface area contributed by atoms with Crippen LogP contribution in [0.25, 0.3) is 0 Å². The minimum Gasteiger partial charge on any atom is -0.312 e. The van der Waals surface area contributed by atoms with E-state index in [0.29, 0.717) is 0 Å². The number of rotatable bonds is 5. The summed E-state index contributed by atoms with van der Waals surface area (Å²) in [6.45, 7) is 2.18. The molecule has 1 N–H and O–H groups in total. The van der Waals surface area contributed by atoms with E-state index in [-0.39, 0.29) is 0 Å². The van der Waals surface area contributed by atoms with Gasteiger partial charge in [-0.3, -0.25) is 0 Å². The summed E-state index contributed by atoms with van der Waals surface area (Å²) >= 11 is 4.22. The van der Waals surface area contributed by atoms with Crippen LogP contribution in [0.1, 0.15) is 11.3 Å². The second-order valence-electron chi connectivity index (χ2n) is 2.30. The summed E-state index contributed by atoms with van der Waals surface area (Å²) < 4.78 is 1.25. The van der Waals surface area contributed by atoms with Gasteiger partial charge in [-0.2, -0.15) is 0 Å². The molecule has 0 unspecified atom stereocenters. The third kappa shape index (κ3) is 4.08. The lowest BCUT2D eigenvalue weighted by Crippen LogP contribution is -2.13. The summed E-state index contributed by atoms with van der Waals surface area (Å²) in [5, 5.41) is 5.51. The van der Waals surface area contributed by atoms with Gasteiger partial charge in [-0.1, -0.05) is 28.7 Å². The molecule has 62 valence electrons. The standard InChI is InChI=1S/C8H12INS/c9-4-2-5-10-7-8-3-1-6-11-8/h1,3,6,10H,2,4-5,7H2. The molecule has 1 aromatic heterocycles. The predicted octanol–water partition coefficient (Wildman–Crippen LogP) is 2.66. The van der Waals surface area contributed by atoms with Crippen molar-refractivity contribution in [3.05, 3.63) is 22.4 Å². The topological polar surface area (TPSA) is 12.0 Å². The Hall–Kier alpha value is 0.390. The molecular weight excluding hydrogens is 269 g/mol. The van der Waals surface area contributed by atoms with Gasteiger partial charge in [-0.25, -0.2) is 0 Å². The molecule has 0 radical (unpaired) electrons. The van der Waals surface area contributed by atoms with Crippen LogP contribution in [-0.2, 0) is 6.54 Å². The molecule has 0 bridgehead atoms. The summed E-state index contributed by atoms with van der Waals surface area (Å²) in [6.07, 6.45) is 1.27. The molecule has 0 aliphatic carbocycles. The molecule has 0 saturated heterocycles. The van der Waals surface area contributed by atoms with Gasteiger partial charge in [0.05, 0.1) is 0 Å². The number of thiophene rings is 1. The molecule has 0 aliphatic rings. The Balaban J connectivity index is 2.04. The molecule has 1 heterocycles. The molecule has 3 heteroatoms. The first-order valence-electron chi connectivity index (χ1n) is 3.72. The molecule has 0 fully saturated rings. The zero-order valence-corrected chi connectivity index (χ0v) is 9.32. The molecule has 0 aliphatic heterocycles. The number of hydrogen-bond acceptors (Lipinski definition) is 2. The van der Waals surface area contributed by atoms with Crippen molar-refractivity contribution in [3.63, 3.8) is 0 Å². The van der Waals surface area contributed by atoms with Crippen molar-refractivity contribution in [2.24, 2.45) is 0 Å². The number of alkyl halides is 1. The molecule has 1 rings (SSSR count). The molecule has 0 aromatic carbocycles. The zero-order chi connectivity index (χ0) is 7.94. The number of nitrogens with one attached hydrogen (secondary N) is 1. The van der Waals surface area contributed by atoms with E-state index < -0.39 is 0 Å². The summed E-state index contributed by atoms with van der Waals surface area (Å²) in [5.41, 5.74) is 0. The van der Waals surface area contributed by atoms with E-state index >= 15 is 0 Å². The maximum atomic E-state index is 3.39. The van der Waals surface area contributed by atoms with Gasteiger partial charge in [0.2, 0.25) is 0 Å². The Morgan fingerprint density at radius 2 is 2.45 bits per heavy atom. The summed E-state index contributed by atoms with van der Waals surface area (Å²) in [5.74, 6) is 0. The summed E-state index contributed by atoms with van der Waals surface area (Å²) in [6, 6.07) is 4.27. The molecule has 0 atom stereocenters. The van der Waals surface area contributed by atoms with E-state index in [2.05, 4.69) is 45.4 Å². The van der Waals surface area contributed by atoms with Crippen molar-refractivity contribution in [2.75, 3.05) is 11.0 Å². The second-order valence-corrected chi connectivity index (χ2v) is 4.41.